The summed E-state index contributed by atoms with van der Waals surface area (Å²) in [6.45, 7) is 5.35. The molecule has 0 bridgehead atoms. The number of anilines is 3. The zero-order valence-corrected chi connectivity index (χ0v) is 23.7. The molecule has 1 aliphatic heterocycles. The first-order valence-electron chi connectivity index (χ1n) is 13.4. The molecule has 1 saturated heterocycles. The lowest BCUT2D eigenvalue weighted by Gasteiger charge is -2.16. The first-order chi connectivity index (χ1) is 19.8. The van der Waals surface area contributed by atoms with E-state index in [0.29, 0.717) is 36.0 Å². The second-order valence-electron chi connectivity index (χ2n) is 10.6. The summed E-state index contributed by atoms with van der Waals surface area (Å²) in [4.78, 5) is 30.5. The van der Waals surface area contributed by atoms with E-state index in [9.17, 15) is 4.79 Å². The number of fused-ring (bicyclic) bond motifs is 2. The number of amides is 1. The molecule has 0 radical (unpaired) electrons. The molecule has 208 valence electrons. The largest absolute Gasteiger partial charge is 0.457 e. The Kier molecular flexibility index (Phi) is 6.80. The molecular formula is C30H31N9O2. The van der Waals surface area contributed by atoms with E-state index in [1.165, 1.54) is 6.33 Å². The summed E-state index contributed by atoms with van der Waals surface area (Å²) in [5, 5.41) is 12.4. The van der Waals surface area contributed by atoms with Crippen LogP contribution in [0.1, 0.15) is 12.5 Å². The fraction of sp³-hybridized carbons (Fsp3) is 0.267. The number of nitrogens with one attached hydrogen (secondary N) is 1. The Morgan fingerprint density at radius 3 is 2.76 bits per heavy atom. The number of nitrogens with zero attached hydrogens (tertiary/aromatic N) is 8. The van der Waals surface area contributed by atoms with E-state index in [2.05, 4.69) is 37.5 Å². The molecule has 6 rings (SSSR count). The second-order valence-corrected chi connectivity index (χ2v) is 10.6. The number of carbonyl (C=O) groups excluding carboxylic acids is 1. The van der Waals surface area contributed by atoms with Gasteiger partial charge in [0, 0.05) is 48.8 Å². The summed E-state index contributed by atoms with van der Waals surface area (Å²) >= 11 is 0. The Morgan fingerprint density at radius 2 is 1.95 bits per heavy atom. The number of aromatic nitrogens is 6. The van der Waals surface area contributed by atoms with Gasteiger partial charge in [-0.15, -0.1) is 5.10 Å². The van der Waals surface area contributed by atoms with Crippen molar-refractivity contribution in [2.75, 3.05) is 37.4 Å². The van der Waals surface area contributed by atoms with Crippen molar-refractivity contribution in [3.8, 4) is 11.5 Å². The molecule has 11 heteroatoms. The molecule has 2 aromatic carbocycles. The Morgan fingerprint density at radius 1 is 1.10 bits per heavy atom. The minimum Gasteiger partial charge on any atom is -0.457 e. The van der Waals surface area contributed by atoms with Crippen molar-refractivity contribution in [3.05, 3.63) is 72.2 Å². The molecule has 1 fully saturated rings. The van der Waals surface area contributed by atoms with Gasteiger partial charge in [0.05, 0.1) is 17.2 Å². The van der Waals surface area contributed by atoms with Crippen molar-refractivity contribution in [3.63, 3.8) is 0 Å². The van der Waals surface area contributed by atoms with Crippen molar-refractivity contribution in [2.24, 2.45) is 13.0 Å². The van der Waals surface area contributed by atoms with Crippen molar-refractivity contribution < 1.29 is 9.53 Å². The van der Waals surface area contributed by atoms with E-state index >= 15 is 0 Å². The molecule has 11 nitrogen and oxygen atoms in total. The summed E-state index contributed by atoms with van der Waals surface area (Å²) in [6.07, 6.45) is 5.20. The van der Waals surface area contributed by atoms with Crippen LogP contribution in [-0.2, 0) is 11.8 Å². The van der Waals surface area contributed by atoms with Crippen LogP contribution in [0.2, 0.25) is 0 Å². The van der Waals surface area contributed by atoms with Crippen LogP contribution in [0, 0.1) is 12.8 Å². The van der Waals surface area contributed by atoms with E-state index in [0.717, 1.165) is 39.0 Å². The molecule has 0 saturated carbocycles. The number of likely N-dealkylation sites (N-methyl/N-ethyl adjacent to an activating group) is 1. The highest BCUT2D eigenvalue weighted by Crippen LogP contribution is 2.33. The fourth-order valence-corrected chi connectivity index (χ4v) is 4.97. The number of benzene rings is 2. The van der Waals surface area contributed by atoms with Crippen molar-refractivity contribution in [2.45, 2.75) is 13.8 Å². The smallest absolute Gasteiger partial charge is 0.255 e. The number of carbonyl (C=O) groups is 1. The average molecular weight is 550 g/mol. The number of ether oxygens (including phenoxy) is 1. The van der Waals surface area contributed by atoms with Gasteiger partial charge in [-0.05, 0) is 63.0 Å². The molecule has 0 aliphatic carbocycles. The van der Waals surface area contributed by atoms with E-state index in [1.54, 1.807) is 15.8 Å². The number of hydrogen-bond acceptors (Lipinski definition) is 9. The lowest BCUT2D eigenvalue weighted by molar-refractivity contribution is -0.114. The summed E-state index contributed by atoms with van der Waals surface area (Å²) < 4.78 is 7.88. The molecule has 1 atom stereocenters. The fourth-order valence-electron chi connectivity index (χ4n) is 4.97. The molecule has 4 heterocycles. The highest BCUT2D eigenvalue weighted by atomic mass is 16.5. The maximum Gasteiger partial charge on any atom is 0.255 e. The summed E-state index contributed by atoms with van der Waals surface area (Å²) in [7, 11) is 5.83. The predicted octanol–water partition coefficient (Wildman–Crippen LogP) is 4.62. The van der Waals surface area contributed by atoms with Gasteiger partial charge in [-0.3, -0.25) is 9.69 Å². The summed E-state index contributed by atoms with van der Waals surface area (Å²) in [5.41, 5.74) is 5.01. The predicted molar refractivity (Wildman–Crippen MR) is 159 cm³/mol. The van der Waals surface area contributed by atoms with Gasteiger partial charge in [0.15, 0.2) is 0 Å². The Hall–Kier alpha value is -4.90. The van der Waals surface area contributed by atoms with Crippen LogP contribution in [0.4, 0.5) is 17.3 Å². The maximum absolute atomic E-state index is 13.2. The molecule has 5 aromatic rings. The standard InChI is InChI=1S/C30H31N9O2/c1-18-12-20(6-9-27(18)41-21-7-8-26-24(13-21)35-36-38(26)5)34-29-23-14-28(31-15-25(23)32-17-33-29)39-16-19(2)22(30(39)40)10-11-37(3)4/h6-10,12-15,17,19H,11,16H2,1-5H3,(H,32,33,34)/b22-10+/t19-/m0/s1. The Labute approximate surface area is 237 Å². The molecule has 1 amide bonds. The number of pyridine rings is 1. The van der Waals surface area contributed by atoms with Gasteiger partial charge in [0.25, 0.3) is 5.91 Å². The van der Waals surface area contributed by atoms with Crippen molar-refractivity contribution >= 4 is 45.2 Å². The van der Waals surface area contributed by atoms with E-state index in [-0.39, 0.29) is 11.8 Å². The monoisotopic (exact) mass is 549 g/mol. The first kappa shape index (κ1) is 26.3. The van der Waals surface area contributed by atoms with Crippen LogP contribution in [0.15, 0.2) is 66.6 Å². The van der Waals surface area contributed by atoms with Gasteiger partial charge >= 0.3 is 0 Å². The third kappa shape index (κ3) is 5.19. The number of rotatable bonds is 7. The molecule has 1 aliphatic rings. The lowest BCUT2D eigenvalue weighted by atomic mass is 10.0. The Bertz CT molecular complexity index is 1810. The van der Waals surface area contributed by atoms with Crippen LogP contribution in [0.3, 0.4) is 0 Å². The summed E-state index contributed by atoms with van der Waals surface area (Å²) in [6, 6.07) is 13.5. The highest BCUT2D eigenvalue weighted by molar-refractivity contribution is 6.09. The third-order valence-electron chi connectivity index (χ3n) is 7.19. The first-order valence-corrected chi connectivity index (χ1v) is 13.4. The van der Waals surface area contributed by atoms with Gasteiger partial charge in [0.1, 0.15) is 35.0 Å². The van der Waals surface area contributed by atoms with E-state index in [1.807, 2.05) is 81.5 Å². The topological polar surface area (TPSA) is 114 Å². The third-order valence-corrected chi connectivity index (χ3v) is 7.19. The van der Waals surface area contributed by atoms with Gasteiger partial charge in [-0.1, -0.05) is 18.2 Å². The normalized spacial score (nSPS) is 16.4. The van der Waals surface area contributed by atoms with Crippen LogP contribution < -0.4 is 15.0 Å². The zero-order chi connectivity index (χ0) is 28.7. The minimum atomic E-state index is -0.0118. The number of aryl methyl sites for hydroxylation is 2. The van der Waals surface area contributed by atoms with Crippen LogP contribution in [0.25, 0.3) is 21.9 Å². The maximum atomic E-state index is 13.2. The second kappa shape index (κ2) is 10.6. The zero-order valence-electron chi connectivity index (χ0n) is 23.7. The van der Waals surface area contributed by atoms with E-state index in [4.69, 9.17) is 4.74 Å². The van der Waals surface area contributed by atoms with Crippen LogP contribution >= 0.6 is 0 Å². The Balaban J connectivity index is 1.24. The molecule has 41 heavy (non-hydrogen) atoms. The minimum absolute atomic E-state index is 0.0118. The van der Waals surface area contributed by atoms with Gasteiger partial charge < -0.3 is 15.0 Å². The molecule has 0 unspecified atom stereocenters. The van der Waals surface area contributed by atoms with Crippen LogP contribution in [0.5, 0.6) is 11.5 Å². The van der Waals surface area contributed by atoms with E-state index < -0.39 is 0 Å². The van der Waals surface area contributed by atoms with Gasteiger partial charge in [-0.2, -0.15) is 0 Å². The molecule has 3 aromatic heterocycles. The van der Waals surface area contributed by atoms with Crippen molar-refractivity contribution in [1.82, 2.24) is 34.8 Å². The average Bonchev–Trinajstić information content (AvgIpc) is 3.46. The molecular weight excluding hydrogens is 518 g/mol. The van der Waals surface area contributed by atoms with Crippen LogP contribution in [-0.4, -0.2) is 67.9 Å². The summed E-state index contributed by atoms with van der Waals surface area (Å²) in [5.74, 6) is 2.74. The number of hydrogen-bond donors (Lipinski definition) is 1. The molecule has 1 N–H and O–H groups in total. The van der Waals surface area contributed by atoms with Gasteiger partial charge in [0.2, 0.25) is 0 Å². The lowest BCUT2D eigenvalue weighted by Crippen LogP contribution is -2.26. The molecule has 0 spiro atoms. The van der Waals surface area contributed by atoms with Crippen molar-refractivity contribution in [1.29, 1.82) is 0 Å². The van der Waals surface area contributed by atoms with Gasteiger partial charge in [-0.25, -0.2) is 19.6 Å². The quantitative estimate of drug-likeness (QED) is 0.290. The highest BCUT2D eigenvalue weighted by Gasteiger charge is 2.34. The SMILES string of the molecule is Cc1cc(Nc2ncnc3cnc(N4C[C@H](C)/C(=C\CN(C)C)C4=O)cc23)ccc1Oc1ccc2c(c1)nnn2C.